The fourth-order valence-electron chi connectivity index (χ4n) is 4.39. The first-order valence-electron chi connectivity index (χ1n) is 10.9. The van der Waals surface area contributed by atoms with E-state index >= 15 is 0 Å². The molecule has 0 saturated heterocycles. The molecular weight excluding hydrogens is 410 g/mol. The molecule has 0 radical (unpaired) electrons. The lowest BCUT2D eigenvalue weighted by Crippen LogP contribution is -2.35. The van der Waals surface area contributed by atoms with Crippen LogP contribution in [0.3, 0.4) is 0 Å². The van der Waals surface area contributed by atoms with Crippen LogP contribution in [0.15, 0.2) is 34.7 Å². The zero-order valence-electron chi connectivity index (χ0n) is 17.4. The zero-order valence-corrected chi connectivity index (χ0v) is 17.4. The van der Waals surface area contributed by atoms with Crippen LogP contribution >= 0.6 is 0 Å². The van der Waals surface area contributed by atoms with Gasteiger partial charge in [-0.3, -0.25) is 4.79 Å². The minimum Gasteiger partial charge on any atom is -0.491 e. The molecule has 1 amide bonds. The number of nitrogens with zero attached hydrogens (tertiary/aromatic N) is 3. The van der Waals surface area contributed by atoms with Gasteiger partial charge in [0.25, 0.3) is 11.9 Å². The van der Waals surface area contributed by atoms with Gasteiger partial charge in [0.15, 0.2) is 11.7 Å². The second-order valence-electron chi connectivity index (χ2n) is 8.44. The average Bonchev–Trinajstić information content (AvgIpc) is 3.41. The molecule has 3 heterocycles. The number of nitrogen functional groups attached to an aromatic ring is 1. The quantitative estimate of drug-likeness (QED) is 0.494. The van der Waals surface area contributed by atoms with E-state index in [1.807, 2.05) is 30.3 Å². The smallest absolute Gasteiger partial charge is 0.292 e. The van der Waals surface area contributed by atoms with Crippen LogP contribution in [0.1, 0.15) is 25.7 Å². The SMILES string of the molecule is NC(=O)[C@H](Oc1cc2c3c(c1)nc(-c1ccc4oc(N)nc4c1)n3CCCCO2)C1CC1. The highest BCUT2D eigenvalue weighted by atomic mass is 16.5. The third-order valence-corrected chi connectivity index (χ3v) is 6.07. The Labute approximate surface area is 183 Å². The first-order valence-corrected chi connectivity index (χ1v) is 10.9. The van der Waals surface area contributed by atoms with Gasteiger partial charge in [0, 0.05) is 30.2 Å². The number of aryl methyl sites for hydroxylation is 1. The predicted octanol–water partition coefficient (Wildman–Crippen LogP) is 3.24. The van der Waals surface area contributed by atoms with Gasteiger partial charge in [0.05, 0.1) is 12.1 Å². The summed E-state index contributed by atoms with van der Waals surface area (Å²) in [6.45, 7) is 1.43. The molecule has 1 fully saturated rings. The molecular formula is C23H23N5O4. The summed E-state index contributed by atoms with van der Waals surface area (Å²) in [6.07, 6.45) is 3.17. The number of hydrogen-bond acceptors (Lipinski definition) is 7. The van der Waals surface area contributed by atoms with E-state index in [1.54, 1.807) is 0 Å². The second-order valence-corrected chi connectivity index (χ2v) is 8.44. The summed E-state index contributed by atoms with van der Waals surface area (Å²) in [5.41, 5.74) is 15.2. The first-order chi connectivity index (χ1) is 15.6. The van der Waals surface area contributed by atoms with Crippen molar-refractivity contribution in [2.45, 2.75) is 38.3 Å². The molecule has 0 unspecified atom stereocenters. The average molecular weight is 433 g/mol. The van der Waals surface area contributed by atoms with Gasteiger partial charge in [-0.1, -0.05) is 0 Å². The number of fused-ring (bicyclic) bond motifs is 1. The number of imidazole rings is 1. The monoisotopic (exact) mass is 433 g/mol. The first kappa shape index (κ1) is 19.0. The minimum atomic E-state index is -0.630. The molecule has 2 aliphatic rings. The summed E-state index contributed by atoms with van der Waals surface area (Å²) in [5.74, 6) is 1.78. The van der Waals surface area contributed by atoms with Gasteiger partial charge < -0.3 is 29.9 Å². The second kappa shape index (κ2) is 7.15. The van der Waals surface area contributed by atoms with Gasteiger partial charge in [-0.05, 0) is 43.9 Å². The number of benzene rings is 2. The lowest BCUT2D eigenvalue weighted by atomic mass is 10.2. The third-order valence-electron chi connectivity index (χ3n) is 6.07. The van der Waals surface area contributed by atoms with Crippen LogP contribution in [0.4, 0.5) is 6.01 Å². The van der Waals surface area contributed by atoms with Crippen LogP contribution < -0.4 is 20.9 Å². The van der Waals surface area contributed by atoms with Crippen molar-refractivity contribution in [3.8, 4) is 22.9 Å². The van der Waals surface area contributed by atoms with E-state index in [4.69, 9.17) is 30.3 Å². The van der Waals surface area contributed by atoms with Crippen LogP contribution in [0.2, 0.25) is 0 Å². The van der Waals surface area contributed by atoms with Crippen molar-refractivity contribution in [2.75, 3.05) is 12.3 Å². The van der Waals surface area contributed by atoms with Gasteiger partial charge in [-0.25, -0.2) is 4.98 Å². The van der Waals surface area contributed by atoms with Crippen molar-refractivity contribution >= 4 is 34.1 Å². The molecule has 6 rings (SSSR count). The number of aromatic nitrogens is 3. The highest BCUT2D eigenvalue weighted by Crippen LogP contribution is 2.39. The van der Waals surface area contributed by atoms with E-state index in [-0.39, 0.29) is 11.9 Å². The van der Waals surface area contributed by atoms with E-state index in [9.17, 15) is 4.79 Å². The predicted molar refractivity (Wildman–Crippen MR) is 118 cm³/mol. The van der Waals surface area contributed by atoms with Crippen molar-refractivity contribution in [3.63, 3.8) is 0 Å². The Hall–Kier alpha value is -3.75. The molecule has 1 saturated carbocycles. The highest BCUT2D eigenvalue weighted by molar-refractivity contribution is 5.89. The highest BCUT2D eigenvalue weighted by Gasteiger charge is 2.37. The zero-order chi connectivity index (χ0) is 21.8. The maximum Gasteiger partial charge on any atom is 0.292 e. The fourth-order valence-corrected chi connectivity index (χ4v) is 4.39. The molecule has 1 atom stereocenters. The summed E-state index contributed by atoms with van der Waals surface area (Å²) >= 11 is 0. The Morgan fingerprint density at radius 3 is 2.84 bits per heavy atom. The molecule has 4 aromatic rings. The minimum absolute atomic E-state index is 0.136. The molecule has 9 heteroatoms. The Kier molecular flexibility index (Phi) is 4.24. The maximum atomic E-state index is 11.9. The van der Waals surface area contributed by atoms with Gasteiger partial charge >= 0.3 is 0 Å². The Bertz CT molecular complexity index is 1350. The van der Waals surface area contributed by atoms with E-state index in [2.05, 4.69) is 9.55 Å². The summed E-state index contributed by atoms with van der Waals surface area (Å²) in [5, 5.41) is 0. The molecule has 32 heavy (non-hydrogen) atoms. The number of rotatable bonds is 5. The van der Waals surface area contributed by atoms with Gasteiger partial charge in [0.2, 0.25) is 0 Å². The Morgan fingerprint density at radius 1 is 1.16 bits per heavy atom. The van der Waals surface area contributed by atoms with Crippen molar-refractivity contribution in [3.05, 3.63) is 30.3 Å². The van der Waals surface area contributed by atoms with E-state index < -0.39 is 12.0 Å². The number of anilines is 1. The third kappa shape index (κ3) is 3.21. The number of ether oxygens (including phenoxy) is 2. The molecule has 1 aliphatic carbocycles. The number of nitrogens with two attached hydrogens (primary N) is 2. The molecule has 0 spiro atoms. The van der Waals surface area contributed by atoms with Crippen LogP contribution in [0.5, 0.6) is 11.5 Å². The van der Waals surface area contributed by atoms with Gasteiger partial charge in [-0.2, -0.15) is 4.98 Å². The van der Waals surface area contributed by atoms with E-state index in [0.29, 0.717) is 29.2 Å². The number of carbonyl (C=O) groups excluding carboxylic acids is 1. The standard InChI is InChI=1S/C23H23N5O4/c24-21(29)20(12-3-4-12)31-14-10-16-19-18(11-14)30-8-2-1-7-28(19)22(26-16)13-5-6-17-15(9-13)27-23(25)32-17/h5-6,9-12,20H,1-4,7-8H2,(H2,24,29)(H2,25,27)/t20-/m1/s1. The molecule has 2 aromatic heterocycles. The summed E-state index contributed by atoms with van der Waals surface area (Å²) in [7, 11) is 0. The van der Waals surface area contributed by atoms with E-state index in [1.165, 1.54) is 0 Å². The van der Waals surface area contributed by atoms with Crippen molar-refractivity contribution in [1.29, 1.82) is 0 Å². The lowest BCUT2D eigenvalue weighted by molar-refractivity contribution is -0.125. The van der Waals surface area contributed by atoms with Gasteiger partial charge in [-0.15, -0.1) is 0 Å². The van der Waals surface area contributed by atoms with Crippen molar-refractivity contribution in [2.24, 2.45) is 11.7 Å². The van der Waals surface area contributed by atoms with Crippen molar-refractivity contribution in [1.82, 2.24) is 14.5 Å². The largest absolute Gasteiger partial charge is 0.491 e. The topological polar surface area (TPSA) is 131 Å². The maximum absolute atomic E-state index is 11.9. The Balaban J connectivity index is 1.49. The van der Waals surface area contributed by atoms with Crippen LogP contribution in [-0.4, -0.2) is 33.2 Å². The number of primary amides is 1. The Morgan fingerprint density at radius 2 is 2.03 bits per heavy atom. The fraction of sp³-hybridized carbons (Fsp3) is 0.348. The molecule has 164 valence electrons. The number of hydrogen-bond donors (Lipinski definition) is 2. The molecule has 1 aliphatic heterocycles. The summed E-state index contributed by atoms with van der Waals surface area (Å²) in [6, 6.07) is 9.56. The number of oxazole rings is 1. The van der Waals surface area contributed by atoms with Gasteiger partial charge in [0.1, 0.15) is 28.4 Å². The lowest BCUT2D eigenvalue weighted by Gasteiger charge is -2.19. The number of carbonyl (C=O) groups is 1. The summed E-state index contributed by atoms with van der Waals surface area (Å²) < 4.78 is 19.7. The summed E-state index contributed by atoms with van der Waals surface area (Å²) in [4.78, 5) is 21.1. The van der Waals surface area contributed by atoms with Crippen LogP contribution in [-0.2, 0) is 11.3 Å². The number of amides is 1. The van der Waals surface area contributed by atoms with Crippen LogP contribution in [0.25, 0.3) is 33.5 Å². The molecule has 0 bridgehead atoms. The molecule has 9 nitrogen and oxygen atoms in total. The van der Waals surface area contributed by atoms with E-state index in [0.717, 1.165) is 54.6 Å². The molecule has 2 aromatic carbocycles. The van der Waals surface area contributed by atoms with Crippen LogP contribution in [0, 0.1) is 5.92 Å². The van der Waals surface area contributed by atoms with Crippen molar-refractivity contribution < 1.29 is 18.7 Å². The normalized spacial score (nSPS) is 17.0. The molecule has 4 N–H and O–H groups in total.